The summed E-state index contributed by atoms with van der Waals surface area (Å²) in [7, 11) is 0. The van der Waals surface area contributed by atoms with Crippen LogP contribution in [0.5, 0.6) is 0 Å². The Bertz CT molecular complexity index is 3890. The minimum atomic E-state index is -0.605. The first-order chi connectivity index (χ1) is 34.2. The van der Waals surface area contributed by atoms with Crippen LogP contribution in [0.15, 0.2) is 267 Å². The first kappa shape index (κ1) is 39.2. The van der Waals surface area contributed by atoms with E-state index >= 15 is 0 Å². The largest absolute Gasteiger partial charge is 0.310 e. The molecule has 12 aromatic carbocycles. The average Bonchev–Trinajstić information content (AvgIpc) is 3.88. The number of anilines is 6. The topological polar surface area (TPSA) is 6.48 Å². The van der Waals surface area contributed by atoms with E-state index in [1.54, 1.807) is 0 Å². The first-order valence-corrected chi connectivity index (χ1v) is 23.9. The lowest BCUT2D eigenvalue weighted by Crippen LogP contribution is -2.26. The van der Waals surface area contributed by atoms with Gasteiger partial charge in [0.1, 0.15) is 0 Å². The number of hydrogen-bond donors (Lipinski definition) is 0. The van der Waals surface area contributed by atoms with Crippen LogP contribution in [0.2, 0.25) is 0 Å². The Morgan fingerprint density at radius 1 is 0.232 bits per heavy atom. The summed E-state index contributed by atoms with van der Waals surface area (Å²) in [4.78, 5) is 4.96. The third-order valence-corrected chi connectivity index (χ3v) is 14.8. The van der Waals surface area contributed by atoms with E-state index in [1.165, 1.54) is 88.0 Å². The van der Waals surface area contributed by atoms with Crippen molar-refractivity contribution in [1.82, 2.24) is 0 Å². The van der Waals surface area contributed by atoms with E-state index in [0.29, 0.717) is 0 Å². The molecule has 0 aromatic heterocycles. The Morgan fingerprint density at radius 3 is 1.23 bits per heavy atom. The monoisotopic (exact) mass is 876 g/mol. The predicted molar refractivity (Wildman–Crippen MR) is 290 cm³/mol. The van der Waals surface area contributed by atoms with Crippen LogP contribution in [0.4, 0.5) is 34.1 Å². The Morgan fingerprint density at radius 2 is 0.638 bits per heavy atom. The van der Waals surface area contributed by atoms with Crippen molar-refractivity contribution < 1.29 is 0 Å². The number of fused-ring (bicyclic) bond motifs is 13. The fourth-order valence-corrected chi connectivity index (χ4v) is 11.8. The van der Waals surface area contributed by atoms with Crippen molar-refractivity contribution >= 4 is 66.4 Å². The highest BCUT2D eigenvalue weighted by Crippen LogP contribution is 2.64. The Labute approximate surface area is 402 Å². The molecular formula is C67H44N2. The number of rotatable bonds is 7. The molecule has 2 aliphatic rings. The van der Waals surface area contributed by atoms with Crippen LogP contribution >= 0.6 is 0 Å². The van der Waals surface area contributed by atoms with Crippen LogP contribution in [0.3, 0.4) is 0 Å². The van der Waals surface area contributed by atoms with Gasteiger partial charge in [0.15, 0.2) is 0 Å². The molecule has 12 aromatic rings. The van der Waals surface area contributed by atoms with E-state index in [4.69, 9.17) is 0 Å². The second-order valence-corrected chi connectivity index (χ2v) is 18.4. The molecule has 2 nitrogen and oxygen atoms in total. The lowest BCUT2D eigenvalue weighted by molar-refractivity contribution is 0.793. The number of nitrogens with zero attached hydrogens (tertiary/aromatic N) is 2. The molecule has 2 heteroatoms. The summed E-state index contributed by atoms with van der Waals surface area (Å²) in [6, 6.07) is 99.0. The Kier molecular flexibility index (Phi) is 8.84. The van der Waals surface area contributed by atoms with Gasteiger partial charge in [-0.25, -0.2) is 0 Å². The molecule has 0 bridgehead atoms. The van der Waals surface area contributed by atoms with Gasteiger partial charge in [-0.3, -0.25) is 0 Å². The average molecular weight is 877 g/mol. The summed E-state index contributed by atoms with van der Waals surface area (Å²) < 4.78 is 0. The van der Waals surface area contributed by atoms with Gasteiger partial charge in [-0.1, -0.05) is 206 Å². The minimum absolute atomic E-state index is 0.605. The molecule has 0 fully saturated rings. The smallest absolute Gasteiger partial charge is 0.0727 e. The van der Waals surface area contributed by atoms with Crippen molar-refractivity contribution in [3.63, 3.8) is 0 Å². The molecule has 0 radical (unpaired) electrons. The summed E-state index contributed by atoms with van der Waals surface area (Å²) in [6.45, 7) is 0. The molecule has 0 N–H and O–H groups in total. The second kappa shape index (κ2) is 15.6. The zero-order chi connectivity index (χ0) is 45.5. The minimum Gasteiger partial charge on any atom is -0.310 e. The zero-order valence-electron chi connectivity index (χ0n) is 37.8. The van der Waals surface area contributed by atoms with E-state index in [1.807, 2.05) is 0 Å². The Hall–Kier alpha value is -8.98. The lowest BCUT2D eigenvalue weighted by atomic mass is 9.70. The van der Waals surface area contributed by atoms with E-state index < -0.39 is 5.41 Å². The highest BCUT2D eigenvalue weighted by atomic mass is 15.2. The normalized spacial score (nSPS) is 14.1. The highest BCUT2D eigenvalue weighted by Gasteiger charge is 2.52. The van der Waals surface area contributed by atoms with Crippen LogP contribution in [0, 0.1) is 0 Å². The van der Waals surface area contributed by atoms with Gasteiger partial charge in [0.05, 0.1) is 11.1 Å². The van der Waals surface area contributed by atoms with Crippen molar-refractivity contribution in [2.45, 2.75) is 5.41 Å². The van der Waals surface area contributed by atoms with Crippen molar-refractivity contribution in [1.29, 1.82) is 0 Å². The van der Waals surface area contributed by atoms with E-state index in [2.05, 4.69) is 277 Å². The first-order valence-electron chi connectivity index (χ1n) is 23.9. The molecule has 2 aliphatic carbocycles. The van der Waals surface area contributed by atoms with Crippen LogP contribution in [-0.4, -0.2) is 0 Å². The van der Waals surface area contributed by atoms with E-state index in [9.17, 15) is 0 Å². The van der Waals surface area contributed by atoms with Crippen LogP contribution in [0.25, 0.3) is 65.7 Å². The molecular weight excluding hydrogens is 833 g/mol. The molecule has 322 valence electrons. The molecule has 1 atom stereocenters. The fraction of sp³-hybridized carbons (Fsp3) is 0.0149. The second-order valence-electron chi connectivity index (χ2n) is 18.4. The number of para-hydroxylation sites is 1. The molecule has 69 heavy (non-hydrogen) atoms. The van der Waals surface area contributed by atoms with Gasteiger partial charge in [-0.05, 0) is 138 Å². The molecule has 0 amide bonds. The third-order valence-electron chi connectivity index (χ3n) is 14.8. The standard InChI is InChI=1S/C67H44N2/c1-3-19-47(20-4-1)57-38-33-48-21-11-12-26-56(48)66(57)69(51-24-5-2-6-25-51)55-37-40-61-59-28-14-16-30-63(59)67(65(61)44-55)62-29-15-13-27-58(62)60-39-36-54(43-64(60)67)68(52-34-31-45-17-7-9-22-49(45)41-52)53-35-32-46-18-8-10-23-50(46)42-53/h1-44H. The summed E-state index contributed by atoms with van der Waals surface area (Å²) in [6.07, 6.45) is 0. The number of hydrogen-bond acceptors (Lipinski definition) is 2. The zero-order valence-corrected chi connectivity index (χ0v) is 37.8. The summed E-state index contributed by atoms with van der Waals surface area (Å²) in [5.74, 6) is 0. The van der Waals surface area contributed by atoms with Gasteiger partial charge < -0.3 is 9.80 Å². The molecule has 1 spiro atoms. The van der Waals surface area contributed by atoms with Crippen molar-refractivity contribution in [2.75, 3.05) is 9.80 Å². The molecule has 14 rings (SSSR count). The maximum atomic E-state index is 2.52. The van der Waals surface area contributed by atoms with Crippen LogP contribution in [0.1, 0.15) is 22.3 Å². The van der Waals surface area contributed by atoms with Gasteiger partial charge in [0.2, 0.25) is 0 Å². The van der Waals surface area contributed by atoms with E-state index in [0.717, 1.165) is 34.1 Å². The SMILES string of the molecule is c1ccc(-c2ccc3ccccc3c2N(c2ccccc2)c2ccc3c(c2)C2(c4ccccc4-c4ccc(N(c5ccc6ccccc6c5)c5ccc6ccccc6c5)cc42)c2ccccc2-3)cc1. The summed E-state index contributed by atoms with van der Waals surface area (Å²) >= 11 is 0. The molecule has 0 saturated carbocycles. The van der Waals surface area contributed by atoms with Gasteiger partial charge in [0, 0.05) is 39.4 Å². The maximum absolute atomic E-state index is 2.52. The molecule has 0 heterocycles. The van der Waals surface area contributed by atoms with Crippen molar-refractivity contribution in [3.05, 3.63) is 289 Å². The Balaban J connectivity index is 1.04. The number of benzene rings is 12. The molecule has 0 aliphatic heterocycles. The summed E-state index contributed by atoms with van der Waals surface area (Å²) in [5, 5.41) is 7.27. The van der Waals surface area contributed by atoms with Gasteiger partial charge >= 0.3 is 0 Å². The highest BCUT2D eigenvalue weighted by molar-refractivity contribution is 6.07. The third kappa shape index (κ3) is 5.99. The summed E-state index contributed by atoms with van der Waals surface area (Å²) in [5.41, 5.74) is 18.7. The van der Waals surface area contributed by atoms with Gasteiger partial charge in [0.25, 0.3) is 0 Å². The predicted octanol–water partition coefficient (Wildman–Crippen LogP) is 18.1. The van der Waals surface area contributed by atoms with Crippen molar-refractivity contribution in [2.24, 2.45) is 0 Å². The van der Waals surface area contributed by atoms with Gasteiger partial charge in [-0.15, -0.1) is 0 Å². The lowest BCUT2D eigenvalue weighted by Gasteiger charge is -2.34. The fourth-order valence-electron chi connectivity index (χ4n) is 11.8. The van der Waals surface area contributed by atoms with Crippen molar-refractivity contribution in [3.8, 4) is 33.4 Å². The maximum Gasteiger partial charge on any atom is 0.0727 e. The molecule has 1 unspecified atom stereocenters. The molecule has 0 saturated heterocycles. The van der Waals surface area contributed by atoms with Crippen LogP contribution in [-0.2, 0) is 5.41 Å². The van der Waals surface area contributed by atoms with Crippen LogP contribution < -0.4 is 9.80 Å². The quantitative estimate of drug-likeness (QED) is 0.157. The van der Waals surface area contributed by atoms with E-state index in [-0.39, 0.29) is 0 Å². The van der Waals surface area contributed by atoms with Gasteiger partial charge in [-0.2, -0.15) is 0 Å².